The van der Waals surface area contributed by atoms with Crippen molar-refractivity contribution >= 4 is 27.6 Å². The number of nitrogens with zero attached hydrogens (tertiary/aromatic N) is 1. The third-order valence-corrected chi connectivity index (χ3v) is 5.43. The Morgan fingerprint density at radius 3 is 2.07 bits per heavy atom. The Morgan fingerprint density at radius 2 is 1.59 bits per heavy atom. The predicted molar refractivity (Wildman–Crippen MR) is 97.9 cm³/mol. The first kappa shape index (κ1) is 20.3. The first-order valence-electron chi connectivity index (χ1n) is 7.74. The fourth-order valence-corrected chi connectivity index (χ4v) is 3.79. The zero-order valence-electron chi connectivity index (χ0n) is 15.1. The van der Waals surface area contributed by atoms with Gasteiger partial charge in [0.15, 0.2) is 0 Å². The molecule has 2 aromatic rings. The second kappa shape index (κ2) is 7.33. The Kier molecular flexibility index (Phi) is 5.52. The lowest BCUT2D eigenvalue weighted by molar-refractivity contribution is -0.384. The molecule has 0 heterocycles. The van der Waals surface area contributed by atoms with Crippen molar-refractivity contribution < 1.29 is 27.4 Å². The number of carbonyl (C=O) groups is 1. The number of benzene rings is 2. The van der Waals surface area contributed by atoms with Gasteiger partial charge >= 0.3 is 6.09 Å². The number of nitrogens with one attached hydrogen (secondary N) is 1. The van der Waals surface area contributed by atoms with E-state index in [0.717, 1.165) is 0 Å². The zero-order valence-corrected chi connectivity index (χ0v) is 15.9. The second-order valence-corrected chi connectivity index (χ2v) is 7.30. The first-order valence-corrected chi connectivity index (χ1v) is 9.18. The molecule has 0 aliphatic carbocycles. The number of nitro groups is 1. The molecule has 0 aliphatic heterocycles. The molecule has 0 spiro atoms. The Hall–Kier alpha value is -2.98. The molecular weight excluding hydrogens is 376 g/mol. The fraction of sp³-hybridized carbons (Fsp3) is 0.235. The lowest BCUT2D eigenvalue weighted by Gasteiger charge is -2.19. The van der Waals surface area contributed by atoms with E-state index in [1.807, 2.05) is 0 Å². The molecule has 2 aromatic carbocycles. The maximum atomic E-state index is 12.2. The van der Waals surface area contributed by atoms with Crippen molar-refractivity contribution in [1.82, 2.24) is 0 Å². The van der Waals surface area contributed by atoms with Gasteiger partial charge in [-0.3, -0.25) is 20.0 Å². The van der Waals surface area contributed by atoms with Crippen LogP contribution in [0.2, 0.25) is 0 Å². The van der Waals surface area contributed by atoms with Crippen LogP contribution in [0.3, 0.4) is 0 Å². The van der Waals surface area contributed by atoms with Gasteiger partial charge in [-0.25, -0.2) is 4.79 Å². The molecule has 10 heteroatoms. The minimum atomic E-state index is -4.49. The largest absolute Gasteiger partial charge is 0.417 e. The molecule has 0 bridgehead atoms. The molecule has 0 saturated carbocycles. The highest BCUT2D eigenvalue weighted by Gasteiger charge is 2.24. The summed E-state index contributed by atoms with van der Waals surface area (Å²) >= 11 is 0. The molecule has 0 saturated heterocycles. The number of non-ortho nitro benzene ring substituents is 1. The Labute approximate surface area is 155 Å². The fourth-order valence-electron chi connectivity index (χ4n) is 2.76. The quantitative estimate of drug-likeness (QED) is 0.458. The number of rotatable bonds is 4. The van der Waals surface area contributed by atoms with Crippen LogP contribution in [0.25, 0.3) is 0 Å². The third-order valence-electron chi connectivity index (χ3n) is 4.30. The van der Waals surface area contributed by atoms with Crippen molar-refractivity contribution in [3.63, 3.8) is 0 Å². The summed E-state index contributed by atoms with van der Waals surface area (Å²) in [7, 11) is -4.49. The van der Waals surface area contributed by atoms with Gasteiger partial charge in [-0.1, -0.05) is 0 Å². The van der Waals surface area contributed by atoms with Crippen LogP contribution in [0.5, 0.6) is 5.75 Å². The van der Waals surface area contributed by atoms with Gasteiger partial charge in [0.2, 0.25) is 0 Å². The van der Waals surface area contributed by atoms with E-state index in [9.17, 15) is 27.9 Å². The van der Waals surface area contributed by atoms with E-state index in [0.29, 0.717) is 16.7 Å². The second-order valence-electron chi connectivity index (χ2n) is 5.94. The molecule has 1 amide bonds. The summed E-state index contributed by atoms with van der Waals surface area (Å²) in [6, 6.07) is 4.90. The number of carbonyl (C=O) groups excluding carboxylic acids is 1. The summed E-state index contributed by atoms with van der Waals surface area (Å²) in [6.45, 7) is 6.40. The van der Waals surface area contributed by atoms with Crippen LogP contribution >= 0.6 is 0 Å². The highest BCUT2D eigenvalue weighted by Crippen LogP contribution is 2.33. The summed E-state index contributed by atoms with van der Waals surface area (Å²) in [5.74, 6) is 0.0762. The van der Waals surface area contributed by atoms with E-state index in [1.165, 1.54) is 31.2 Å². The van der Waals surface area contributed by atoms with Gasteiger partial charge < -0.3 is 4.74 Å². The van der Waals surface area contributed by atoms with Crippen molar-refractivity contribution in [2.75, 3.05) is 5.32 Å². The molecule has 0 fully saturated rings. The minimum Gasteiger partial charge on any atom is -0.410 e. The van der Waals surface area contributed by atoms with Gasteiger partial charge in [-0.15, -0.1) is 0 Å². The summed E-state index contributed by atoms with van der Waals surface area (Å²) in [5, 5.41) is 13.1. The number of anilines is 1. The van der Waals surface area contributed by atoms with Crippen molar-refractivity contribution in [2.45, 2.75) is 32.6 Å². The summed E-state index contributed by atoms with van der Waals surface area (Å²) < 4.78 is 38.0. The Balaban J connectivity index is 2.35. The van der Waals surface area contributed by atoms with Gasteiger partial charge in [-0.2, -0.15) is 8.42 Å². The molecule has 0 aromatic heterocycles. The number of nitro benzene ring substituents is 1. The summed E-state index contributed by atoms with van der Waals surface area (Å²) in [5.41, 5.74) is 1.84. The molecule has 0 aliphatic rings. The Bertz CT molecular complexity index is 1030. The molecule has 9 nitrogen and oxygen atoms in total. The van der Waals surface area contributed by atoms with Crippen LogP contribution in [-0.2, 0) is 10.1 Å². The van der Waals surface area contributed by atoms with Crippen molar-refractivity contribution in [3.8, 4) is 5.75 Å². The van der Waals surface area contributed by atoms with E-state index in [-0.39, 0.29) is 27.6 Å². The molecule has 2 N–H and O–H groups in total. The van der Waals surface area contributed by atoms with E-state index >= 15 is 0 Å². The summed E-state index contributed by atoms with van der Waals surface area (Å²) in [4.78, 5) is 22.0. The molecular formula is C17H18N2O7S. The summed E-state index contributed by atoms with van der Waals surface area (Å²) in [6.07, 6.45) is -0.903. The maximum Gasteiger partial charge on any atom is 0.417 e. The van der Waals surface area contributed by atoms with Gasteiger partial charge in [0.25, 0.3) is 15.8 Å². The number of hydrogen-bond donors (Lipinski definition) is 2. The van der Waals surface area contributed by atoms with E-state index in [4.69, 9.17) is 4.74 Å². The topological polar surface area (TPSA) is 136 Å². The highest BCUT2D eigenvalue weighted by molar-refractivity contribution is 7.86. The van der Waals surface area contributed by atoms with Crippen LogP contribution < -0.4 is 10.1 Å². The Morgan fingerprint density at radius 1 is 1.04 bits per heavy atom. The first-order chi connectivity index (χ1) is 12.4. The smallest absolute Gasteiger partial charge is 0.410 e. The van der Waals surface area contributed by atoms with E-state index in [1.54, 1.807) is 20.8 Å². The molecule has 0 unspecified atom stereocenters. The van der Waals surface area contributed by atoms with Crippen molar-refractivity contribution in [3.05, 3.63) is 56.6 Å². The SMILES string of the molecule is Cc1c(C)c(NC(=O)Oc2ccc([N+](=O)[O-])cc2)c(C)c(S(=O)(=O)O)c1C. The van der Waals surface area contributed by atoms with E-state index in [2.05, 4.69) is 5.32 Å². The van der Waals surface area contributed by atoms with Crippen molar-refractivity contribution in [2.24, 2.45) is 0 Å². The number of ether oxygens (including phenoxy) is 1. The van der Waals surface area contributed by atoms with Crippen LogP contribution in [0.1, 0.15) is 22.3 Å². The molecule has 27 heavy (non-hydrogen) atoms. The molecule has 0 radical (unpaired) electrons. The van der Waals surface area contributed by atoms with Crippen LogP contribution in [0.4, 0.5) is 16.2 Å². The van der Waals surface area contributed by atoms with Gasteiger partial charge in [0, 0.05) is 12.1 Å². The standard InChI is InChI=1S/C17H18N2O7S/c1-9-10(2)15(12(4)16(11(9)3)27(23,24)25)18-17(20)26-14-7-5-13(6-8-14)19(21)22/h5-8H,1-4H3,(H,18,20)(H,23,24,25). The lowest BCUT2D eigenvalue weighted by atomic mass is 9.98. The normalized spacial score (nSPS) is 11.1. The monoisotopic (exact) mass is 394 g/mol. The van der Waals surface area contributed by atoms with Crippen LogP contribution in [0.15, 0.2) is 29.2 Å². The van der Waals surface area contributed by atoms with E-state index < -0.39 is 21.1 Å². The van der Waals surface area contributed by atoms with Crippen molar-refractivity contribution in [1.29, 1.82) is 0 Å². The molecule has 144 valence electrons. The highest BCUT2D eigenvalue weighted by atomic mass is 32.2. The number of amides is 1. The maximum absolute atomic E-state index is 12.2. The van der Waals surface area contributed by atoms with Gasteiger partial charge in [-0.05, 0) is 62.1 Å². The number of hydrogen-bond acceptors (Lipinski definition) is 6. The van der Waals surface area contributed by atoms with Crippen LogP contribution in [-0.4, -0.2) is 24.0 Å². The lowest BCUT2D eigenvalue weighted by Crippen LogP contribution is -2.20. The third kappa shape index (κ3) is 4.23. The average molecular weight is 394 g/mol. The predicted octanol–water partition coefficient (Wildman–Crippen LogP) is 3.69. The average Bonchev–Trinajstić information content (AvgIpc) is 2.56. The van der Waals surface area contributed by atoms with Crippen LogP contribution in [0, 0.1) is 37.8 Å². The van der Waals surface area contributed by atoms with Gasteiger partial charge in [0.05, 0.1) is 10.6 Å². The van der Waals surface area contributed by atoms with Gasteiger partial charge in [0.1, 0.15) is 10.6 Å². The minimum absolute atomic E-state index is 0.0762. The zero-order chi connectivity index (χ0) is 20.5. The molecule has 0 atom stereocenters. The molecule has 2 rings (SSSR count).